The van der Waals surface area contributed by atoms with Crippen LogP contribution in [0.2, 0.25) is 0 Å². The van der Waals surface area contributed by atoms with Crippen molar-refractivity contribution >= 4 is 11.7 Å². The van der Waals surface area contributed by atoms with Crippen LogP contribution in [0, 0.1) is 11.6 Å². The number of methoxy groups -OCH3 is 1. The fourth-order valence-corrected chi connectivity index (χ4v) is 5.39. The molecular weight excluding hydrogens is 496 g/mol. The van der Waals surface area contributed by atoms with Gasteiger partial charge in [0, 0.05) is 36.8 Å². The predicted octanol–water partition coefficient (Wildman–Crippen LogP) is 6.97. The maximum Gasteiger partial charge on any atom is 0.322 e. The quantitative estimate of drug-likeness (QED) is 0.305. The van der Waals surface area contributed by atoms with E-state index in [1.165, 1.54) is 24.3 Å². The summed E-state index contributed by atoms with van der Waals surface area (Å²) >= 11 is 0. The van der Waals surface area contributed by atoms with E-state index in [0.717, 1.165) is 67.9 Å². The molecule has 0 aromatic heterocycles. The minimum Gasteiger partial charge on any atom is -0.497 e. The van der Waals surface area contributed by atoms with Crippen molar-refractivity contribution < 1.29 is 18.3 Å². The maximum absolute atomic E-state index is 13.6. The number of rotatable bonds is 10. The largest absolute Gasteiger partial charge is 0.497 e. The molecule has 0 spiro atoms. The SMILES string of the molecule is COc1ccc(N(C(=O)NC(C)C)C2CCN(CCCC(c3ccc(F)cc3)c3ccc(F)cc3)CC2)cc1. The van der Waals surface area contributed by atoms with Crippen LogP contribution in [0.3, 0.4) is 0 Å². The first-order chi connectivity index (χ1) is 18.8. The topological polar surface area (TPSA) is 44.8 Å². The molecule has 4 rings (SSSR count). The number of benzene rings is 3. The van der Waals surface area contributed by atoms with Gasteiger partial charge in [-0.1, -0.05) is 24.3 Å². The summed E-state index contributed by atoms with van der Waals surface area (Å²) < 4.78 is 32.4. The molecule has 1 fully saturated rings. The van der Waals surface area contributed by atoms with Gasteiger partial charge in [0.05, 0.1) is 7.11 Å². The highest BCUT2D eigenvalue weighted by atomic mass is 19.1. The second-order valence-electron chi connectivity index (χ2n) is 10.5. The molecule has 1 heterocycles. The first-order valence-corrected chi connectivity index (χ1v) is 13.8. The van der Waals surface area contributed by atoms with Crippen LogP contribution in [-0.2, 0) is 0 Å². The lowest BCUT2D eigenvalue weighted by Crippen LogP contribution is -2.52. The molecule has 1 aliphatic rings. The average Bonchev–Trinajstić information content (AvgIpc) is 2.93. The molecule has 0 saturated carbocycles. The van der Waals surface area contributed by atoms with Gasteiger partial charge >= 0.3 is 6.03 Å². The summed E-state index contributed by atoms with van der Waals surface area (Å²) in [5.41, 5.74) is 2.94. The molecule has 3 aromatic carbocycles. The second-order valence-corrected chi connectivity index (χ2v) is 10.5. The highest BCUT2D eigenvalue weighted by Gasteiger charge is 2.29. The van der Waals surface area contributed by atoms with Crippen molar-refractivity contribution in [2.24, 2.45) is 0 Å². The summed E-state index contributed by atoms with van der Waals surface area (Å²) in [6.07, 6.45) is 3.61. The summed E-state index contributed by atoms with van der Waals surface area (Å²) in [6.45, 7) is 6.69. The van der Waals surface area contributed by atoms with Crippen molar-refractivity contribution in [3.63, 3.8) is 0 Å². The highest BCUT2D eigenvalue weighted by Crippen LogP contribution is 2.31. The van der Waals surface area contributed by atoms with E-state index in [2.05, 4.69) is 10.2 Å². The van der Waals surface area contributed by atoms with E-state index in [0.29, 0.717) is 0 Å². The number of urea groups is 1. The van der Waals surface area contributed by atoms with Gasteiger partial charge in [0.25, 0.3) is 0 Å². The number of amides is 2. The molecule has 0 radical (unpaired) electrons. The Morgan fingerprint density at radius 2 is 1.46 bits per heavy atom. The van der Waals surface area contributed by atoms with E-state index in [9.17, 15) is 13.6 Å². The number of hydrogen-bond acceptors (Lipinski definition) is 3. The zero-order valence-electron chi connectivity index (χ0n) is 23.1. The average molecular weight is 536 g/mol. The third kappa shape index (κ3) is 7.79. The van der Waals surface area contributed by atoms with Gasteiger partial charge in [0.1, 0.15) is 17.4 Å². The predicted molar refractivity (Wildman–Crippen MR) is 152 cm³/mol. The minimum absolute atomic E-state index is 0.0495. The summed E-state index contributed by atoms with van der Waals surface area (Å²) in [5, 5.41) is 3.06. The molecule has 0 aliphatic carbocycles. The van der Waals surface area contributed by atoms with Gasteiger partial charge < -0.3 is 15.0 Å². The zero-order valence-corrected chi connectivity index (χ0v) is 23.1. The van der Waals surface area contributed by atoms with Crippen molar-refractivity contribution in [1.82, 2.24) is 10.2 Å². The van der Waals surface area contributed by atoms with E-state index in [4.69, 9.17) is 4.74 Å². The number of halogens is 2. The number of likely N-dealkylation sites (tertiary alicyclic amines) is 1. The van der Waals surface area contributed by atoms with E-state index in [1.54, 1.807) is 7.11 Å². The summed E-state index contributed by atoms with van der Waals surface area (Å²) in [7, 11) is 1.63. The molecule has 0 atom stereocenters. The number of carbonyl (C=O) groups is 1. The second kappa shape index (κ2) is 13.6. The minimum atomic E-state index is -0.259. The molecule has 1 saturated heterocycles. The molecule has 1 N–H and O–H groups in total. The monoisotopic (exact) mass is 535 g/mol. The van der Waals surface area contributed by atoms with Crippen LogP contribution < -0.4 is 15.0 Å². The fourth-order valence-electron chi connectivity index (χ4n) is 5.39. The number of nitrogens with one attached hydrogen (secondary N) is 1. The Morgan fingerprint density at radius 3 is 1.95 bits per heavy atom. The van der Waals surface area contributed by atoms with Crippen LogP contribution in [0.4, 0.5) is 19.3 Å². The number of anilines is 1. The van der Waals surface area contributed by atoms with E-state index in [-0.39, 0.29) is 35.7 Å². The van der Waals surface area contributed by atoms with Gasteiger partial charge in [-0.3, -0.25) is 4.90 Å². The molecule has 208 valence electrons. The molecule has 7 heteroatoms. The molecule has 1 aliphatic heterocycles. The third-order valence-electron chi connectivity index (χ3n) is 7.42. The first kappa shape index (κ1) is 28.6. The molecular formula is C32H39F2N3O2. The number of carbonyl (C=O) groups excluding carboxylic acids is 1. The van der Waals surface area contributed by atoms with Gasteiger partial charge in [0.15, 0.2) is 0 Å². The zero-order chi connectivity index (χ0) is 27.8. The molecule has 39 heavy (non-hydrogen) atoms. The number of ether oxygens (including phenoxy) is 1. The van der Waals surface area contributed by atoms with Crippen LogP contribution in [-0.4, -0.2) is 49.8 Å². The van der Waals surface area contributed by atoms with Crippen LogP contribution in [0.15, 0.2) is 72.8 Å². The van der Waals surface area contributed by atoms with E-state index >= 15 is 0 Å². The van der Waals surface area contributed by atoms with Gasteiger partial charge in [-0.15, -0.1) is 0 Å². The van der Waals surface area contributed by atoms with Gasteiger partial charge in [-0.25, -0.2) is 13.6 Å². The third-order valence-corrected chi connectivity index (χ3v) is 7.42. The van der Waals surface area contributed by atoms with Crippen LogP contribution in [0.25, 0.3) is 0 Å². The lowest BCUT2D eigenvalue weighted by molar-refractivity contribution is 0.200. The first-order valence-electron chi connectivity index (χ1n) is 13.8. The smallest absolute Gasteiger partial charge is 0.322 e. The van der Waals surface area contributed by atoms with Gasteiger partial charge in [-0.2, -0.15) is 0 Å². The highest BCUT2D eigenvalue weighted by molar-refractivity contribution is 5.92. The normalized spacial score (nSPS) is 14.5. The lowest BCUT2D eigenvalue weighted by Gasteiger charge is -2.39. The van der Waals surface area contributed by atoms with Gasteiger partial charge in [0.2, 0.25) is 0 Å². The number of piperidine rings is 1. The Balaban J connectivity index is 1.37. The molecule has 5 nitrogen and oxygen atoms in total. The fraction of sp³-hybridized carbons (Fsp3) is 0.406. The Kier molecular flexibility index (Phi) is 9.93. The molecule has 2 amide bonds. The Morgan fingerprint density at radius 1 is 0.923 bits per heavy atom. The van der Waals surface area contributed by atoms with Crippen molar-refractivity contribution in [2.45, 2.75) is 57.5 Å². The lowest BCUT2D eigenvalue weighted by atomic mass is 9.87. The van der Waals surface area contributed by atoms with Crippen molar-refractivity contribution in [3.8, 4) is 5.75 Å². The number of nitrogens with zero attached hydrogens (tertiary/aromatic N) is 2. The Hall–Kier alpha value is -3.45. The van der Waals surface area contributed by atoms with Crippen molar-refractivity contribution in [2.75, 3.05) is 31.6 Å². The molecule has 3 aromatic rings. The maximum atomic E-state index is 13.6. The molecule has 0 unspecified atom stereocenters. The van der Waals surface area contributed by atoms with Crippen LogP contribution >= 0.6 is 0 Å². The Bertz CT molecular complexity index is 1130. The summed E-state index contributed by atoms with van der Waals surface area (Å²) in [4.78, 5) is 17.5. The van der Waals surface area contributed by atoms with Crippen molar-refractivity contribution in [3.05, 3.63) is 95.6 Å². The summed E-state index contributed by atoms with van der Waals surface area (Å²) in [5.74, 6) is 0.321. The van der Waals surface area contributed by atoms with Gasteiger partial charge in [-0.05, 0) is 106 Å². The number of hydrogen-bond donors (Lipinski definition) is 1. The van der Waals surface area contributed by atoms with Crippen molar-refractivity contribution in [1.29, 1.82) is 0 Å². The Labute approximate surface area is 230 Å². The summed E-state index contributed by atoms with van der Waals surface area (Å²) in [6, 6.07) is 21.0. The van der Waals surface area contributed by atoms with Crippen LogP contribution in [0.1, 0.15) is 56.6 Å². The van der Waals surface area contributed by atoms with E-state index in [1.807, 2.05) is 67.3 Å². The van der Waals surface area contributed by atoms with E-state index < -0.39 is 0 Å². The molecule has 0 bridgehead atoms. The standard InChI is InChI=1S/C32H39F2N3O2/c1-23(2)35-32(38)37(28-14-16-30(39-3)17-15-28)29-18-21-36(22-19-29)20-4-5-31(24-6-10-26(33)11-7-24)25-8-12-27(34)13-9-25/h6-17,23,29,31H,4-5,18-22H2,1-3H3,(H,35,38). The van der Waals surface area contributed by atoms with Crippen LogP contribution in [0.5, 0.6) is 5.75 Å².